The number of benzene rings is 1. The van der Waals surface area contributed by atoms with Crippen LogP contribution in [0.4, 0.5) is 5.69 Å². The normalized spacial score (nSPS) is 14.2. The quantitative estimate of drug-likeness (QED) is 0.622. The maximum absolute atomic E-state index is 11.1. The number of rotatable bonds is 6. The molecule has 0 aromatic heterocycles. The Labute approximate surface area is 109 Å². The number of nitro groups is 1. The molecule has 4 heteroatoms. The zero-order chi connectivity index (χ0) is 13.7. The molecule has 1 aromatic rings. The molecule has 0 saturated carbocycles. The molecule has 2 unspecified atom stereocenters. The second kappa shape index (κ2) is 6.50. The topological polar surface area (TPSA) is 55.2 Å². The summed E-state index contributed by atoms with van der Waals surface area (Å²) in [5, 5.41) is 14.5. The van der Waals surface area contributed by atoms with Crippen molar-refractivity contribution in [3.8, 4) is 0 Å². The molecule has 0 aliphatic carbocycles. The van der Waals surface area contributed by atoms with E-state index in [4.69, 9.17) is 0 Å². The van der Waals surface area contributed by atoms with E-state index in [0.717, 1.165) is 24.1 Å². The summed E-state index contributed by atoms with van der Waals surface area (Å²) in [6, 6.07) is 5.50. The maximum Gasteiger partial charge on any atom is 0.273 e. The van der Waals surface area contributed by atoms with Crippen molar-refractivity contribution in [2.45, 2.75) is 46.1 Å². The van der Waals surface area contributed by atoms with E-state index in [-0.39, 0.29) is 22.6 Å². The van der Waals surface area contributed by atoms with Crippen molar-refractivity contribution in [1.29, 1.82) is 0 Å². The van der Waals surface area contributed by atoms with Crippen LogP contribution in [0.2, 0.25) is 0 Å². The van der Waals surface area contributed by atoms with Crippen molar-refractivity contribution < 1.29 is 4.92 Å². The Morgan fingerprint density at radius 3 is 2.61 bits per heavy atom. The van der Waals surface area contributed by atoms with Crippen molar-refractivity contribution >= 4 is 5.69 Å². The van der Waals surface area contributed by atoms with E-state index >= 15 is 0 Å². The SMILES string of the molecule is CCCNC(C)C(C)c1c(C)cccc1[N+](=O)[O-]. The average Bonchev–Trinajstić information content (AvgIpc) is 2.34. The van der Waals surface area contributed by atoms with Gasteiger partial charge in [0.25, 0.3) is 5.69 Å². The highest BCUT2D eigenvalue weighted by Crippen LogP contribution is 2.31. The third kappa shape index (κ3) is 3.29. The van der Waals surface area contributed by atoms with Crippen LogP contribution in [0.5, 0.6) is 0 Å². The van der Waals surface area contributed by atoms with Gasteiger partial charge in [-0.1, -0.05) is 26.0 Å². The van der Waals surface area contributed by atoms with Crippen molar-refractivity contribution in [2.75, 3.05) is 6.54 Å². The summed E-state index contributed by atoms with van der Waals surface area (Å²) in [4.78, 5) is 10.8. The van der Waals surface area contributed by atoms with E-state index in [2.05, 4.69) is 19.2 Å². The second-order valence-electron chi connectivity index (χ2n) is 4.80. The fourth-order valence-corrected chi connectivity index (χ4v) is 2.22. The molecule has 0 aliphatic rings. The first-order valence-corrected chi connectivity index (χ1v) is 6.46. The molecule has 0 saturated heterocycles. The van der Waals surface area contributed by atoms with Crippen LogP contribution >= 0.6 is 0 Å². The molecule has 1 aromatic carbocycles. The molecule has 0 radical (unpaired) electrons. The van der Waals surface area contributed by atoms with Gasteiger partial charge in [-0.3, -0.25) is 10.1 Å². The van der Waals surface area contributed by atoms with Crippen LogP contribution in [0.15, 0.2) is 18.2 Å². The number of hydrogen-bond donors (Lipinski definition) is 1. The van der Waals surface area contributed by atoms with Crippen molar-refractivity contribution in [3.63, 3.8) is 0 Å². The molecule has 18 heavy (non-hydrogen) atoms. The third-order valence-electron chi connectivity index (χ3n) is 3.42. The molecular formula is C14H22N2O2. The molecule has 0 heterocycles. The second-order valence-corrected chi connectivity index (χ2v) is 4.80. The number of aryl methyl sites for hydroxylation is 1. The van der Waals surface area contributed by atoms with E-state index in [0.29, 0.717) is 0 Å². The lowest BCUT2D eigenvalue weighted by atomic mass is 9.89. The molecule has 100 valence electrons. The lowest BCUT2D eigenvalue weighted by Crippen LogP contribution is -2.32. The minimum atomic E-state index is -0.286. The lowest BCUT2D eigenvalue weighted by molar-refractivity contribution is -0.385. The smallest absolute Gasteiger partial charge is 0.273 e. The summed E-state index contributed by atoms with van der Waals surface area (Å²) in [6.45, 7) is 9.11. The first kappa shape index (κ1) is 14.6. The minimum Gasteiger partial charge on any atom is -0.314 e. The molecule has 4 nitrogen and oxygen atoms in total. The Morgan fingerprint density at radius 2 is 2.06 bits per heavy atom. The van der Waals surface area contributed by atoms with Crippen molar-refractivity contribution in [3.05, 3.63) is 39.4 Å². The van der Waals surface area contributed by atoms with Gasteiger partial charge in [0, 0.05) is 23.6 Å². The molecule has 1 rings (SSSR count). The number of nitrogens with zero attached hydrogens (tertiary/aromatic N) is 1. The highest BCUT2D eigenvalue weighted by molar-refractivity contribution is 5.47. The highest BCUT2D eigenvalue weighted by Gasteiger charge is 2.24. The fraction of sp³-hybridized carbons (Fsp3) is 0.571. The van der Waals surface area contributed by atoms with Gasteiger partial charge in [0.1, 0.15) is 0 Å². The van der Waals surface area contributed by atoms with Crippen LogP contribution in [-0.4, -0.2) is 17.5 Å². The molecule has 0 spiro atoms. The molecular weight excluding hydrogens is 228 g/mol. The minimum absolute atomic E-state index is 0.123. The highest BCUT2D eigenvalue weighted by atomic mass is 16.6. The number of nitrogens with one attached hydrogen (secondary N) is 1. The van der Waals surface area contributed by atoms with Crippen LogP contribution < -0.4 is 5.32 Å². The first-order chi connectivity index (χ1) is 8.49. The summed E-state index contributed by atoms with van der Waals surface area (Å²) >= 11 is 0. The number of hydrogen-bond acceptors (Lipinski definition) is 3. The van der Waals surface area contributed by atoms with E-state index < -0.39 is 0 Å². The summed E-state index contributed by atoms with van der Waals surface area (Å²) in [5.74, 6) is 0.123. The van der Waals surface area contributed by atoms with Crippen LogP contribution in [-0.2, 0) is 0 Å². The Balaban J connectivity index is 3.03. The van der Waals surface area contributed by atoms with Crippen LogP contribution in [0.1, 0.15) is 44.2 Å². The van der Waals surface area contributed by atoms with Gasteiger partial charge >= 0.3 is 0 Å². The summed E-state index contributed by atoms with van der Waals surface area (Å²) in [5.41, 5.74) is 2.06. The molecule has 1 N–H and O–H groups in total. The van der Waals surface area contributed by atoms with Crippen LogP contribution in [0, 0.1) is 17.0 Å². The monoisotopic (exact) mass is 250 g/mol. The Kier molecular flexibility index (Phi) is 5.28. The zero-order valence-electron chi connectivity index (χ0n) is 11.6. The van der Waals surface area contributed by atoms with E-state index in [9.17, 15) is 10.1 Å². The predicted molar refractivity (Wildman–Crippen MR) is 74.0 cm³/mol. The third-order valence-corrected chi connectivity index (χ3v) is 3.42. The van der Waals surface area contributed by atoms with Crippen molar-refractivity contribution in [1.82, 2.24) is 5.32 Å². The summed E-state index contributed by atoms with van der Waals surface area (Å²) in [6.07, 6.45) is 1.06. The van der Waals surface area contributed by atoms with E-state index in [1.54, 1.807) is 12.1 Å². The Morgan fingerprint density at radius 1 is 1.39 bits per heavy atom. The molecule has 0 bridgehead atoms. The van der Waals surface area contributed by atoms with Gasteiger partial charge in [-0.15, -0.1) is 0 Å². The first-order valence-electron chi connectivity index (χ1n) is 6.46. The van der Waals surface area contributed by atoms with Gasteiger partial charge in [0.15, 0.2) is 0 Å². The van der Waals surface area contributed by atoms with Gasteiger partial charge in [0.05, 0.1) is 4.92 Å². The summed E-state index contributed by atoms with van der Waals surface area (Å²) in [7, 11) is 0. The Bertz CT molecular complexity index is 418. The van der Waals surface area contributed by atoms with Gasteiger partial charge in [0.2, 0.25) is 0 Å². The number of nitro benzene ring substituents is 1. The molecule has 0 aliphatic heterocycles. The molecule has 0 fully saturated rings. The lowest BCUT2D eigenvalue weighted by Gasteiger charge is -2.22. The van der Waals surface area contributed by atoms with E-state index in [1.165, 1.54) is 0 Å². The molecule has 0 amide bonds. The largest absolute Gasteiger partial charge is 0.314 e. The average molecular weight is 250 g/mol. The van der Waals surface area contributed by atoms with Gasteiger partial charge < -0.3 is 5.32 Å². The zero-order valence-corrected chi connectivity index (χ0v) is 11.6. The maximum atomic E-state index is 11.1. The fourth-order valence-electron chi connectivity index (χ4n) is 2.22. The van der Waals surface area contributed by atoms with Crippen LogP contribution in [0.25, 0.3) is 0 Å². The summed E-state index contributed by atoms with van der Waals surface area (Å²) < 4.78 is 0. The predicted octanol–water partition coefficient (Wildman–Crippen LogP) is 3.39. The van der Waals surface area contributed by atoms with Gasteiger partial charge in [-0.25, -0.2) is 0 Å². The van der Waals surface area contributed by atoms with Gasteiger partial charge in [-0.2, -0.15) is 0 Å². The Hall–Kier alpha value is -1.42. The standard InChI is InChI=1S/C14H22N2O2/c1-5-9-15-12(4)11(3)14-10(2)7-6-8-13(14)16(17)18/h6-8,11-12,15H,5,9H2,1-4H3. The van der Waals surface area contributed by atoms with Crippen molar-refractivity contribution in [2.24, 2.45) is 0 Å². The van der Waals surface area contributed by atoms with Crippen LogP contribution in [0.3, 0.4) is 0 Å². The van der Waals surface area contributed by atoms with Gasteiger partial charge in [-0.05, 0) is 32.4 Å². The molecule has 2 atom stereocenters. The van der Waals surface area contributed by atoms with E-state index in [1.807, 2.05) is 19.9 Å².